The van der Waals surface area contributed by atoms with Gasteiger partial charge in [0.1, 0.15) is 5.75 Å². The number of nitrogens with one attached hydrogen (secondary N) is 1. The van der Waals surface area contributed by atoms with E-state index < -0.39 is 0 Å². The van der Waals surface area contributed by atoms with Gasteiger partial charge in [0.2, 0.25) is 0 Å². The van der Waals surface area contributed by atoms with Gasteiger partial charge in [-0.05, 0) is 25.1 Å². The van der Waals surface area contributed by atoms with Gasteiger partial charge in [-0.25, -0.2) is 0 Å². The molecular weight excluding hydrogens is 238 g/mol. The van der Waals surface area contributed by atoms with Crippen LogP contribution in [0.1, 0.15) is 24.6 Å². The number of phenolic OH excluding ortho intramolecular Hbond substituents is 1. The van der Waals surface area contributed by atoms with Gasteiger partial charge in [-0.3, -0.25) is 10.00 Å². The van der Waals surface area contributed by atoms with Crippen molar-refractivity contribution < 1.29 is 5.11 Å². The highest BCUT2D eigenvalue weighted by Gasteiger charge is 2.22. The van der Waals surface area contributed by atoms with Gasteiger partial charge in [0.05, 0.1) is 5.69 Å². The maximum atomic E-state index is 9.60. The van der Waals surface area contributed by atoms with Crippen LogP contribution < -0.4 is 0 Å². The second kappa shape index (κ2) is 5.05. The Morgan fingerprint density at radius 1 is 1.42 bits per heavy atom. The molecule has 4 heteroatoms. The summed E-state index contributed by atoms with van der Waals surface area (Å²) in [5.74, 6) is 0.287. The highest BCUT2D eigenvalue weighted by Crippen LogP contribution is 2.29. The molecule has 1 aromatic heterocycles. The van der Waals surface area contributed by atoms with Crippen LogP contribution in [0.5, 0.6) is 5.75 Å². The third-order valence-electron chi connectivity index (χ3n) is 3.67. The minimum Gasteiger partial charge on any atom is -0.508 e. The van der Waals surface area contributed by atoms with Crippen molar-refractivity contribution in [3.63, 3.8) is 0 Å². The summed E-state index contributed by atoms with van der Waals surface area (Å²) in [4.78, 5) is 2.46. The van der Waals surface area contributed by atoms with E-state index in [0.29, 0.717) is 0 Å². The molecule has 0 fully saturated rings. The number of aromatic nitrogens is 2. The summed E-state index contributed by atoms with van der Waals surface area (Å²) in [6.45, 7) is 5.39. The second-order valence-electron chi connectivity index (χ2n) is 5.11. The molecule has 2 heterocycles. The van der Waals surface area contributed by atoms with E-state index in [0.717, 1.165) is 37.3 Å². The number of H-pyrrole nitrogens is 1. The number of hydrogen-bond acceptors (Lipinski definition) is 3. The van der Waals surface area contributed by atoms with Gasteiger partial charge in [-0.1, -0.05) is 19.1 Å². The fourth-order valence-corrected chi connectivity index (χ4v) is 2.75. The zero-order chi connectivity index (χ0) is 13.2. The van der Waals surface area contributed by atoms with Crippen LogP contribution in [-0.4, -0.2) is 33.3 Å². The van der Waals surface area contributed by atoms with Gasteiger partial charge in [-0.2, -0.15) is 5.10 Å². The molecule has 0 bridgehead atoms. The lowest BCUT2D eigenvalue weighted by atomic mass is 10.0. The molecule has 2 N–H and O–H groups in total. The molecule has 4 nitrogen and oxygen atoms in total. The first kappa shape index (κ1) is 12.2. The molecule has 0 saturated heterocycles. The molecule has 1 aliphatic rings. The number of hydrogen-bond donors (Lipinski definition) is 2. The van der Waals surface area contributed by atoms with Gasteiger partial charge in [0.15, 0.2) is 0 Å². The largest absolute Gasteiger partial charge is 0.508 e. The summed E-state index contributed by atoms with van der Waals surface area (Å²) in [6.07, 6.45) is 2.20. The summed E-state index contributed by atoms with van der Waals surface area (Å²) in [7, 11) is 0. The monoisotopic (exact) mass is 257 g/mol. The smallest absolute Gasteiger partial charge is 0.116 e. The molecule has 1 aromatic carbocycles. The fraction of sp³-hybridized carbons (Fsp3) is 0.400. The average molecular weight is 257 g/mol. The van der Waals surface area contributed by atoms with Crippen LogP contribution in [0.4, 0.5) is 0 Å². The van der Waals surface area contributed by atoms with Crippen molar-refractivity contribution in [3.05, 3.63) is 35.5 Å². The number of phenols is 1. The average Bonchev–Trinajstić information content (AvgIpc) is 2.82. The predicted molar refractivity (Wildman–Crippen MR) is 75.0 cm³/mol. The Morgan fingerprint density at radius 3 is 3.11 bits per heavy atom. The number of aromatic amines is 1. The van der Waals surface area contributed by atoms with Crippen LogP contribution in [0, 0.1) is 0 Å². The maximum absolute atomic E-state index is 9.60. The Labute approximate surface area is 113 Å². The van der Waals surface area contributed by atoms with Gasteiger partial charge >= 0.3 is 0 Å². The van der Waals surface area contributed by atoms with Crippen LogP contribution in [0.2, 0.25) is 0 Å². The molecule has 0 saturated carbocycles. The fourth-order valence-electron chi connectivity index (χ4n) is 2.75. The molecule has 0 amide bonds. The van der Waals surface area contributed by atoms with Gasteiger partial charge < -0.3 is 5.11 Å². The highest BCUT2D eigenvalue weighted by atomic mass is 16.3. The van der Waals surface area contributed by atoms with Crippen molar-refractivity contribution in [2.45, 2.75) is 26.3 Å². The maximum Gasteiger partial charge on any atom is 0.116 e. The van der Waals surface area contributed by atoms with E-state index >= 15 is 0 Å². The third kappa shape index (κ3) is 2.36. The molecular formula is C15H19N3O. The minimum absolute atomic E-state index is 0.287. The Kier molecular flexibility index (Phi) is 3.25. The lowest BCUT2D eigenvalue weighted by Gasteiger charge is -2.26. The Bertz CT molecular complexity index is 577. The molecule has 3 rings (SSSR count). The molecule has 100 valence electrons. The zero-order valence-corrected chi connectivity index (χ0v) is 11.2. The molecule has 0 atom stereocenters. The molecule has 0 aliphatic carbocycles. The number of aromatic hydroxyl groups is 1. The van der Waals surface area contributed by atoms with Crippen LogP contribution in [0.15, 0.2) is 24.3 Å². The minimum atomic E-state index is 0.287. The molecule has 0 unspecified atom stereocenters. The zero-order valence-electron chi connectivity index (χ0n) is 11.2. The van der Waals surface area contributed by atoms with E-state index in [1.807, 2.05) is 12.1 Å². The van der Waals surface area contributed by atoms with Crippen LogP contribution in [0.3, 0.4) is 0 Å². The number of rotatable bonds is 3. The summed E-state index contributed by atoms with van der Waals surface area (Å²) in [5.41, 5.74) is 4.48. The summed E-state index contributed by atoms with van der Waals surface area (Å²) < 4.78 is 0. The number of fused-ring (bicyclic) bond motifs is 1. The Balaban J connectivity index is 1.95. The highest BCUT2D eigenvalue weighted by molar-refractivity contribution is 5.65. The van der Waals surface area contributed by atoms with E-state index in [9.17, 15) is 5.11 Å². The summed E-state index contributed by atoms with van der Waals surface area (Å²) in [5, 5.41) is 17.2. The summed E-state index contributed by atoms with van der Waals surface area (Å²) in [6, 6.07) is 7.31. The molecule has 2 aromatic rings. The van der Waals surface area contributed by atoms with Crippen LogP contribution >= 0.6 is 0 Å². The predicted octanol–water partition coefficient (Wildman–Crippen LogP) is 2.55. The van der Waals surface area contributed by atoms with Gasteiger partial charge in [0.25, 0.3) is 0 Å². The van der Waals surface area contributed by atoms with Gasteiger partial charge in [0, 0.05) is 36.3 Å². The topological polar surface area (TPSA) is 52.2 Å². The number of benzene rings is 1. The van der Waals surface area contributed by atoms with E-state index in [1.54, 1.807) is 12.1 Å². The first-order valence-electron chi connectivity index (χ1n) is 6.86. The van der Waals surface area contributed by atoms with Gasteiger partial charge in [-0.15, -0.1) is 0 Å². The lowest BCUT2D eigenvalue weighted by molar-refractivity contribution is 0.254. The Morgan fingerprint density at radius 2 is 2.32 bits per heavy atom. The van der Waals surface area contributed by atoms with Crippen molar-refractivity contribution in [1.29, 1.82) is 0 Å². The van der Waals surface area contributed by atoms with Crippen molar-refractivity contribution in [3.8, 4) is 17.0 Å². The van der Waals surface area contributed by atoms with Crippen molar-refractivity contribution in [1.82, 2.24) is 15.1 Å². The standard InChI is InChI=1S/C15H19N3O/c1-2-7-18-8-6-14-13(10-18)15(17-16-14)11-4-3-5-12(19)9-11/h3-5,9,19H,2,6-8,10H2,1H3,(H,16,17). The summed E-state index contributed by atoms with van der Waals surface area (Å²) >= 11 is 0. The van der Waals surface area contributed by atoms with E-state index in [2.05, 4.69) is 22.0 Å². The van der Waals surface area contributed by atoms with Crippen LogP contribution in [0.25, 0.3) is 11.3 Å². The van der Waals surface area contributed by atoms with E-state index in [-0.39, 0.29) is 5.75 Å². The lowest BCUT2D eigenvalue weighted by Crippen LogP contribution is -2.31. The normalized spacial score (nSPS) is 15.4. The second-order valence-corrected chi connectivity index (χ2v) is 5.11. The quantitative estimate of drug-likeness (QED) is 0.888. The first-order chi connectivity index (χ1) is 9.28. The van der Waals surface area contributed by atoms with Crippen molar-refractivity contribution in [2.75, 3.05) is 13.1 Å². The van der Waals surface area contributed by atoms with Crippen LogP contribution in [-0.2, 0) is 13.0 Å². The van der Waals surface area contributed by atoms with Crippen molar-refractivity contribution in [2.24, 2.45) is 0 Å². The molecule has 0 spiro atoms. The third-order valence-corrected chi connectivity index (χ3v) is 3.67. The van der Waals surface area contributed by atoms with Crippen molar-refractivity contribution >= 4 is 0 Å². The molecule has 0 radical (unpaired) electrons. The molecule has 19 heavy (non-hydrogen) atoms. The molecule has 1 aliphatic heterocycles. The van der Waals surface area contributed by atoms with E-state index in [4.69, 9.17) is 0 Å². The first-order valence-corrected chi connectivity index (χ1v) is 6.86. The SMILES string of the molecule is CCCN1CCc2[nH]nc(-c3cccc(O)c3)c2C1. The van der Waals surface area contributed by atoms with E-state index in [1.165, 1.54) is 17.7 Å². The number of nitrogens with zero attached hydrogens (tertiary/aromatic N) is 2. The Hall–Kier alpha value is -1.81.